The molecule has 0 unspecified atom stereocenters. The fourth-order valence-corrected chi connectivity index (χ4v) is 3.18. The highest BCUT2D eigenvalue weighted by Crippen LogP contribution is 2.19. The lowest BCUT2D eigenvalue weighted by molar-refractivity contribution is 0.306. The Balaban J connectivity index is 1.30. The number of hydrogen-bond donors (Lipinski definition) is 2. The molecule has 0 atom stereocenters. The summed E-state index contributed by atoms with van der Waals surface area (Å²) in [4.78, 5) is 8.72. The highest BCUT2D eigenvalue weighted by Gasteiger charge is 2.02. The molecule has 2 aromatic heterocycles. The number of rotatable bonds is 8. The van der Waals surface area contributed by atoms with Gasteiger partial charge in [0.25, 0.3) is 0 Å². The first-order valence-electron chi connectivity index (χ1n) is 9.74. The van der Waals surface area contributed by atoms with Gasteiger partial charge in [0.05, 0.1) is 5.52 Å². The summed E-state index contributed by atoms with van der Waals surface area (Å²) in [6, 6.07) is 24.1. The maximum atomic E-state index is 5.99. The predicted molar refractivity (Wildman–Crippen MR) is 117 cm³/mol. The van der Waals surface area contributed by atoms with Gasteiger partial charge in [-0.25, -0.2) is 4.98 Å². The van der Waals surface area contributed by atoms with Gasteiger partial charge in [0, 0.05) is 36.8 Å². The summed E-state index contributed by atoms with van der Waals surface area (Å²) in [5.41, 5.74) is 10.0. The molecule has 0 aliphatic carbocycles. The molecule has 5 nitrogen and oxygen atoms in total. The van der Waals surface area contributed by atoms with Crippen molar-refractivity contribution in [1.82, 2.24) is 15.3 Å². The standard InChI is InChI=1S/C24H24N4O/c25-24-10-9-20-8-7-19(15-23(20)28-24)17-29-22-6-3-4-18(14-22)16-26-13-11-21-5-1-2-12-27-21/h1-10,12,14-15,26H,11,13,16-17H2,(H2,25,28). The van der Waals surface area contributed by atoms with Crippen molar-refractivity contribution in [3.8, 4) is 5.75 Å². The number of pyridine rings is 2. The third-order valence-corrected chi connectivity index (χ3v) is 4.70. The Morgan fingerprint density at radius 1 is 0.897 bits per heavy atom. The van der Waals surface area contributed by atoms with Gasteiger partial charge in [-0.2, -0.15) is 0 Å². The number of nitrogen functional groups attached to an aromatic ring is 1. The zero-order chi connectivity index (χ0) is 19.9. The predicted octanol–water partition coefficient (Wildman–Crippen LogP) is 4.12. The first-order chi connectivity index (χ1) is 14.3. The number of aromatic nitrogens is 2. The molecule has 0 aliphatic rings. The second kappa shape index (κ2) is 9.17. The quantitative estimate of drug-likeness (QED) is 0.447. The van der Waals surface area contributed by atoms with Crippen molar-refractivity contribution >= 4 is 16.7 Å². The van der Waals surface area contributed by atoms with E-state index in [4.69, 9.17) is 10.5 Å². The highest BCUT2D eigenvalue weighted by atomic mass is 16.5. The molecule has 29 heavy (non-hydrogen) atoms. The van der Waals surface area contributed by atoms with Gasteiger partial charge < -0.3 is 15.8 Å². The SMILES string of the molecule is Nc1ccc2ccc(COc3cccc(CNCCc4ccccn4)c3)cc2n1. The summed E-state index contributed by atoms with van der Waals surface area (Å²) >= 11 is 0. The molecule has 0 bridgehead atoms. The van der Waals surface area contributed by atoms with Crippen LogP contribution >= 0.6 is 0 Å². The van der Waals surface area contributed by atoms with Crippen LogP contribution in [-0.4, -0.2) is 16.5 Å². The van der Waals surface area contributed by atoms with Crippen molar-refractivity contribution in [2.75, 3.05) is 12.3 Å². The Morgan fingerprint density at radius 2 is 1.83 bits per heavy atom. The Kier molecular flexibility index (Phi) is 5.98. The molecule has 4 aromatic rings. The number of nitrogens with zero attached hydrogens (tertiary/aromatic N) is 2. The lowest BCUT2D eigenvalue weighted by Crippen LogP contribution is -2.17. The lowest BCUT2D eigenvalue weighted by atomic mass is 10.1. The topological polar surface area (TPSA) is 73.1 Å². The second-order valence-electron chi connectivity index (χ2n) is 6.95. The molecule has 3 N–H and O–H groups in total. The van der Waals surface area contributed by atoms with Crippen LogP contribution in [0.2, 0.25) is 0 Å². The number of nitrogens with two attached hydrogens (primary N) is 1. The summed E-state index contributed by atoms with van der Waals surface area (Å²) in [7, 11) is 0. The maximum Gasteiger partial charge on any atom is 0.124 e. The van der Waals surface area contributed by atoms with Crippen LogP contribution < -0.4 is 15.8 Å². The molecule has 0 saturated heterocycles. The zero-order valence-corrected chi connectivity index (χ0v) is 16.2. The molecule has 5 heteroatoms. The molecular weight excluding hydrogens is 360 g/mol. The lowest BCUT2D eigenvalue weighted by Gasteiger charge is -2.10. The molecule has 0 saturated carbocycles. The average molecular weight is 384 g/mol. The first-order valence-corrected chi connectivity index (χ1v) is 9.74. The highest BCUT2D eigenvalue weighted by molar-refractivity contribution is 5.80. The fourth-order valence-electron chi connectivity index (χ4n) is 3.18. The smallest absolute Gasteiger partial charge is 0.124 e. The number of anilines is 1. The summed E-state index contributed by atoms with van der Waals surface area (Å²) in [6.07, 6.45) is 2.74. The van der Waals surface area contributed by atoms with Gasteiger partial charge in [0.2, 0.25) is 0 Å². The van der Waals surface area contributed by atoms with Gasteiger partial charge in [0.15, 0.2) is 0 Å². The van der Waals surface area contributed by atoms with Gasteiger partial charge in [-0.1, -0.05) is 30.3 Å². The van der Waals surface area contributed by atoms with Gasteiger partial charge in [-0.05, 0) is 53.6 Å². The summed E-state index contributed by atoms with van der Waals surface area (Å²) in [5, 5.41) is 4.53. The minimum absolute atomic E-state index is 0.489. The Bertz CT molecular complexity index is 1080. The molecule has 0 amide bonds. The summed E-state index contributed by atoms with van der Waals surface area (Å²) < 4.78 is 5.99. The van der Waals surface area contributed by atoms with Crippen molar-refractivity contribution < 1.29 is 4.74 Å². The number of nitrogens with one attached hydrogen (secondary N) is 1. The molecular formula is C24H24N4O. The van der Waals surface area contributed by atoms with Crippen molar-refractivity contribution in [3.05, 3.63) is 95.8 Å². The van der Waals surface area contributed by atoms with E-state index in [0.29, 0.717) is 12.4 Å². The Morgan fingerprint density at radius 3 is 2.72 bits per heavy atom. The average Bonchev–Trinajstić information content (AvgIpc) is 2.76. The molecule has 0 fully saturated rings. The minimum atomic E-state index is 0.489. The molecule has 2 heterocycles. The fraction of sp³-hybridized carbons (Fsp3) is 0.167. The molecule has 0 spiro atoms. The van der Waals surface area contributed by atoms with Crippen LogP contribution in [0.4, 0.5) is 5.82 Å². The normalized spacial score (nSPS) is 10.9. The van der Waals surface area contributed by atoms with Crippen LogP contribution in [0, 0.1) is 0 Å². The largest absolute Gasteiger partial charge is 0.489 e. The third-order valence-electron chi connectivity index (χ3n) is 4.70. The molecule has 0 radical (unpaired) electrons. The van der Waals surface area contributed by atoms with Crippen LogP contribution in [0.15, 0.2) is 79.0 Å². The van der Waals surface area contributed by atoms with Crippen LogP contribution in [-0.2, 0) is 19.6 Å². The van der Waals surface area contributed by atoms with Crippen LogP contribution in [0.1, 0.15) is 16.8 Å². The van der Waals surface area contributed by atoms with E-state index in [-0.39, 0.29) is 0 Å². The van der Waals surface area contributed by atoms with E-state index in [9.17, 15) is 0 Å². The van der Waals surface area contributed by atoms with E-state index in [2.05, 4.69) is 33.5 Å². The second-order valence-corrected chi connectivity index (χ2v) is 6.95. The van der Waals surface area contributed by atoms with Gasteiger partial charge >= 0.3 is 0 Å². The van der Waals surface area contributed by atoms with Crippen LogP contribution in [0.25, 0.3) is 10.9 Å². The minimum Gasteiger partial charge on any atom is -0.489 e. The van der Waals surface area contributed by atoms with E-state index in [1.165, 1.54) is 5.56 Å². The molecule has 146 valence electrons. The molecule has 0 aliphatic heterocycles. The Labute approximate surface area is 170 Å². The first kappa shape index (κ1) is 18.9. The van der Waals surface area contributed by atoms with Crippen LogP contribution in [0.3, 0.4) is 0 Å². The van der Waals surface area contributed by atoms with E-state index >= 15 is 0 Å². The van der Waals surface area contributed by atoms with E-state index in [0.717, 1.165) is 47.4 Å². The van der Waals surface area contributed by atoms with Gasteiger partial charge in [-0.3, -0.25) is 4.98 Å². The molecule has 2 aromatic carbocycles. The Hall–Kier alpha value is -3.44. The van der Waals surface area contributed by atoms with Gasteiger partial charge in [-0.15, -0.1) is 0 Å². The van der Waals surface area contributed by atoms with Crippen LogP contribution in [0.5, 0.6) is 5.75 Å². The monoisotopic (exact) mass is 384 g/mol. The van der Waals surface area contributed by atoms with E-state index in [1.807, 2.05) is 60.8 Å². The van der Waals surface area contributed by atoms with Crippen molar-refractivity contribution in [2.24, 2.45) is 0 Å². The summed E-state index contributed by atoms with van der Waals surface area (Å²) in [6.45, 7) is 2.17. The molecule has 4 rings (SSSR count). The van der Waals surface area contributed by atoms with Crippen molar-refractivity contribution in [3.63, 3.8) is 0 Å². The van der Waals surface area contributed by atoms with E-state index in [1.54, 1.807) is 0 Å². The van der Waals surface area contributed by atoms with Gasteiger partial charge in [0.1, 0.15) is 18.2 Å². The zero-order valence-electron chi connectivity index (χ0n) is 16.2. The summed E-state index contributed by atoms with van der Waals surface area (Å²) in [5.74, 6) is 1.38. The number of ether oxygens (including phenoxy) is 1. The third kappa shape index (κ3) is 5.30. The van der Waals surface area contributed by atoms with E-state index < -0.39 is 0 Å². The maximum absolute atomic E-state index is 5.99. The number of fused-ring (bicyclic) bond motifs is 1. The number of benzene rings is 2. The van der Waals surface area contributed by atoms with Crippen molar-refractivity contribution in [2.45, 2.75) is 19.6 Å². The van der Waals surface area contributed by atoms with Crippen molar-refractivity contribution in [1.29, 1.82) is 0 Å². The number of hydrogen-bond acceptors (Lipinski definition) is 5.